The van der Waals surface area contributed by atoms with Gasteiger partial charge in [-0.3, -0.25) is 0 Å². The Bertz CT molecular complexity index is 1030. The van der Waals surface area contributed by atoms with Crippen LogP contribution in [0.4, 0.5) is 22.4 Å². The highest BCUT2D eigenvalue weighted by atomic mass is 19.3. The zero-order valence-corrected chi connectivity index (χ0v) is 21.2. The van der Waals surface area contributed by atoms with Crippen molar-refractivity contribution in [2.45, 2.75) is 38.8 Å². The van der Waals surface area contributed by atoms with Crippen LogP contribution in [-0.2, 0) is 27.2 Å². The first kappa shape index (κ1) is 30.8. The summed E-state index contributed by atoms with van der Waals surface area (Å²) in [7, 11) is 0. The minimum Gasteiger partial charge on any atom is -0.492 e. The van der Waals surface area contributed by atoms with Crippen molar-refractivity contribution < 1.29 is 46.5 Å². The van der Waals surface area contributed by atoms with Crippen LogP contribution >= 0.6 is 0 Å². The number of nitrogens with one attached hydrogen (secondary N) is 1. The van der Waals surface area contributed by atoms with Crippen molar-refractivity contribution in [1.82, 2.24) is 10.2 Å². The Morgan fingerprint density at radius 2 is 1.76 bits per heavy atom. The van der Waals surface area contributed by atoms with Crippen LogP contribution in [0, 0.1) is 11.6 Å². The predicted molar refractivity (Wildman–Crippen MR) is 130 cm³/mol. The van der Waals surface area contributed by atoms with Crippen LogP contribution in [0.25, 0.3) is 0 Å². The molecule has 0 bridgehead atoms. The normalized spacial score (nSPS) is 12.2. The first-order valence-corrected chi connectivity index (χ1v) is 12.0. The van der Waals surface area contributed by atoms with Gasteiger partial charge >= 0.3 is 12.0 Å². The molecule has 0 saturated heterocycles. The van der Waals surface area contributed by atoms with Gasteiger partial charge in [-0.15, -0.1) is 0 Å². The Morgan fingerprint density at radius 3 is 2.37 bits per heavy atom. The van der Waals surface area contributed by atoms with E-state index in [2.05, 4.69) is 5.32 Å². The number of benzene rings is 2. The molecule has 210 valence electrons. The van der Waals surface area contributed by atoms with Gasteiger partial charge in [0.2, 0.25) is 0 Å². The second kappa shape index (κ2) is 15.1. The number of carbonyl (C=O) groups excluding carboxylic acids is 1. The molecule has 0 radical (unpaired) electrons. The average molecular weight is 545 g/mol. The molecule has 0 aliphatic heterocycles. The standard InChI is InChI=1S/C26H32F4N2O6/c1-3-37-23(24(33)34)14-18-4-8-21(9-5-18)38-13-11-32(10-12-36-17-26(2,29)30)25(35)31-16-19-6-7-20(27)15-22(19)28/h4-9,15,23H,3,10-14,16-17H2,1-2H3,(H,31,35)(H,33,34). The molecule has 0 saturated carbocycles. The lowest BCUT2D eigenvalue weighted by atomic mass is 10.1. The molecule has 8 nitrogen and oxygen atoms in total. The van der Waals surface area contributed by atoms with Crippen LogP contribution in [0.15, 0.2) is 42.5 Å². The summed E-state index contributed by atoms with van der Waals surface area (Å²) in [6.45, 7) is 1.57. The number of nitrogens with zero attached hydrogens (tertiary/aromatic N) is 1. The van der Waals surface area contributed by atoms with Gasteiger partial charge in [0.1, 0.15) is 30.6 Å². The number of carboxylic acid groups (broad SMARTS) is 1. The van der Waals surface area contributed by atoms with Crippen LogP contribution in [0.5, 0.6) is 5.75 Å². The van der Waals surface area contributed by atoms with E-state index in [1.54, 1.807) is 31.2 Å². The topological polar surface area (TPSA) is 97.3 Å². The Morgan fingerprint density at radius 1 is 1.08 bits per heavy atom. The Balaban J connectivity index is 1.92. The van der Waals surface area contributed by atoms with Crippen LogP contribution in [-0.4, -0.2) is 73.6 Å². The maximum atomic E-state index is 13.9. The van der Waals surface area contributed by atoms with E-state index >= 15 is 0 Å². The Hall–Kier alpha value is -3.38. The maximum Gasteiger partial charge on any atom is 0.333 e. The van der Waals surface area contributed by atoms with Crippen molar-refractivity contribution in [1.29, 1.82) is 0 Å². The van der Waals surface area contributed by atoms with E-state index in [0.29, 0.717) is 18.7 Å². The zero-order valence-electron chi connectivity index (χ0n) is 21.2. The van der Waals surface area contributed by atoms with E-state index in [1.807, 2.05) is 0 Å². The fourth-order valence-corrected chi connectivity index (χ4v) is 3.32. The molecule has 1 atom stereocenters. The van der Waals surface area contributed by atoms with Gasteiger partial charge in [0.05, 0.1) is 13.2 Å². The highest BCUT2D eigenvalue weighted by Gasteiger charge is 2.22. The fourth-order valence-electron chi connectivity index (χ4n) is 3.32. The molecular weight excluding hydrogens is 512 g/mol. The summed E-state index contributed by atoms with van der Waals surface area (Å²) >= 11 is 0. The molecule has 0 aliphatic rings. The maximum absolute atomic E-state index is 13.9. The third-order valence-corrected chi connectivity index (χ3v) is 5.21. The average Bonchev–Trinajstić information content (AvgIpc) is 2.84. The number of urea groups is 1. The first-order valence-electron chi connectivity index (χ1n) is 12.0. The van der Waals surface area contributed by atoms with Gasteiger partial charge in [-0.25, -0.2) is 27.2 Å². The van der Waals surface area contributed by atoms with E-state index in [1.165, 1.54) is 11.0 Å². The van der Waals surface area contributed by atoms with Gasteiger partial charge in [0.15, 0.2) is 6.10 Å². The number of hydrogen-bond acceptors (Lipinski definition) is 5. The van der Waals surface area contributed by atoms with Crippen molar-refractivity contribution in [2.75, 3.05) is 39.5 Å². The second-order valence-corrected chi connectivity index (χ2v) is 8.48. The predicted octanol–water partition coefficient (Wildman–Crippen LogP) is 4.26. The summed E-state index contributed by atoms with van der Waals surface area (Å²) in [5.74, 6) is -5.17. The van der Waals surface area contributed by atoms with Gasteiger partial charge < -0.3 is 29.5 Å². The van der Waals surface area contributed by atoms with E-state index in [4.69, 9.17) is 14.2 Å². The number of alkyl halides is 2. The number of hydrogen-bond donors (Lipinski definition) is 2. The molecule has 0 aromatic heterocycles. The van der Waals surface area contributed by atoms with E-state index in [9.17, 15) is 32.3 Å². The van der Waals surface area contributed by atoms with Gasteiger partial charge in [0, 0.05) is 44.7 Å². The molecule has 2 amide bonds. The number of carboxylic acids is 1. The van der Waals surface area contributed by atoms with E-state index in [0.717, 1.165) is 11.6 Å². The Labute approximate surface area is 218 Å². The highest BCUT2D eigenvalue weighted by molar-refractivity contribution is 5.74. The highest BCUT2D eigenvalue weighted by Crippen LogP contribution is 2.15. The lowest BCUT2D eigenvalue weighted by Gasteiger charge is -2.24. The van der Waals surface area contributed by atoms with Gasteiger partial charge in [-0.1, -0.05) is 18.2 Å². The van der Waals surface area contributed by atoms with Crippen LogP contribution in [0.2, 0.25) is 0 Å². The molecule has 12 heteroatoms. The Kier molecular flexibility index (Phi) is 12.3. The number of rotatable bonds is 16. The molecule has 2 rings (SSSR count). The molecule has 0 fully saturated rings. The van der Waals surface area contributed by atoms with Crippen molar-refractivity contribution in [3.63, 3.8) is 0 Å². The lowest BCUT2D eigenvalue weighted by molar-refractivity contribution is -0.149. The molecule has 0 heterocycles. The minimum absolute atomic E-state index is 0.0376. The summed E-state index contributed by atoms with van der Waals surface area (Å²) < 4.78 is 68.8. The summed E-state index contributed by atoms with van der Waals surface area (Å²) in [5, 5.41) is 11.7. The summed E-state index contributed by atoms with van der Waals surface area (Å²) in [5.41, 5.74) is 0.810. The largest absolute Gasteiger partial charge is 0.492 e. The monoisotopic (exact) mass is 544 g/mol. The van der Waals surface area contributed by atoms with Gasteiger partial charge in [-0.05, 0) is 30.7 Å². The van der Waals surface area contributed by atoms with Crippen molar-refractivity contribution in [3.8, 4) is 5.75 Å². The van der Waals surface area contributed by atoms with Crippen molar-refractivity contribution in [3.05, 3.63) is 65.2 Å². The molecule has 0 aliphatic carbocycles. The van der Waals surface area contributed by atoms with Gasteiger partial charge in [-0.2, -0.15) is 0 Å². The molecular formula is C26H32F4N2O6. The number of amides is 2. The van der Waals surface area contributed by atoms with Crippen LogP contribution < -0.4 is 10.1 Å². The smallest absolute Gasteiger partial charge is 0.333 e. The van der Waals surface area contributed by atoms with Crippen molar-refractivity contribution in [2.24, 2.45) is 0 Å². The fraction of sp³-hybridized carbons (Fsp3) is 0.462. The molecule has 2 aromatic carbocycles. The SMILES string of the molecule is CCOC(Cc1ccc(OCCN(CCOCC(C)(F)F)C(=O)NCc2ccc(F)cc2F)cc1)C(=O)O. The summed E-state index contributed by atoms with van der Waals surface area (Å²) in [4.78, 5) is 25.2. The quantitative estimate of drug-likeness (QED) is 0.242. The second-order valence-electron chi connectivity index (χ2n) is 8.48. The number of ether oxygens (including phenoxy) is 3. The van der Waals surface area contributed by atoms with E-state index < -0.39 is 42.3 Å². The van der Waals surface area contributed by atoms with Gasteiger partial charge in [0.25, 0.3) is 5.92 Å². The third kappa shape index (κ3) is 11.3. The third-order valence-electron chi connectivity index (χ3n) is 5.21. The molecule has 2 aromatic rings. The van der Waals surface area contributed by atoms with Crippen molar-refractivity contribution >= 4 is 12.0 Å². The number of aliphatic carboxylic acids is 1. The molecule has 1 unspecified atom stereocenters. The lowest BCUT2D eigenvalue weighted by Crippen LogP contribution is -2.43. The van der Waals surface area contributed by atoms with Crippen LogP contribution in [0.3, 0.4) is 0 Å². The van der Waals surface area contributed by atoms with Crippen LogP contribution in [0.1, 0.15) is 25.0 Å². The number of carbonyl (C=O) groups is 2. The summed E-state index contributed by atoms with van der Waals surface area (Å²) in [6, 6.07) is 9.06. The molecule has 0 spiro atoms. The summed E-state index contributed by atoms with van der Waals surface area (Å²) in [6.07, 6.45) is -0.778. The zero-order chi connectivity index (χ0) is 28.1. The number of halogens is 4. The van der Waals surface area contributed by atoms with E-state index in [-0.39, 0.29) is 51.4 Å². The minimum atomic E-state index is -3.02. The first-order chi connectivity index (χ1) is 18.0. The molecule has 38 heavy (non-hydrogen) atoms. The molecule has 2 N–H and O–H groups in total.